The van der Waals surface area contributed by atoms with Crippen molar-refractivity contribution >= 4 is 17.2 Å². The van der Waals surface area contributed by atoms with Gasteiger partial charge in [0.2, 0.25) is 0 Å². The Morgan fingerprint density at radius 1 is 1.50 bits per heavy atom. The molecule has 6 heteroatoms. The van der Waals surface area contributed by atoms with E-state index in [9.17, 15) is 9.90 Å². The van der Waals surface area contributed by atoms with Crippen LogP contribution < -0.4 is 5.32 Å². The number of amides is 1. The lowest BCUT2D eigenvalue weighted by atomic mass is 9.92. The standard InChI is InChI=1S/C16H23N3O2S/c1-10(2)16(5,21)9-18-14(20)13-8-11(3)19(12(13)4)15-17-6-7-22-15/h6-8,10,21H,9H2,1-5H3,(H,18,20). The summed E-state index contributed by atoms with van der Waals surface area (Å²) < 4.78 is 1.97. The first-order valence-corrected chi connectivity index (χ1v) is 8.21. The van der Waals surface area contributed by atoms with Gasteiger partial charge in [-0.1, -0.05) is 13.8 Å². The van der Waals surface area contributed by atoms with Gasteiger partial charge >= 0.3 is 0 Å². The maximum atomic E-state index is 12.4. The number of thiazole rings is 1. The second-order valence-electron chi connectivity index (χ2n) is 6.13. The maximum absolute atomic E-state index is 12.4. The van der Waals surface area contributed by atoms with E-state index in [0.29, 0.717) is 5.56 Å². The zero-order chi connectivity index (χ0) is 16.5. The molecule has 0 aliphatic heterocycles. The Bertz CT molecular complexity index is 657. The van der Waals surface area contributed by atoms with Gasteiger partial charge in [-0.15, -0.1) is 11.3 Å². The lowest BCUT2D eigenvalue weighted by Gasteiger charge is -2.27. The van der Waals surface area contributed by atoms with Crippen LogP contribution in [0.5, 0.6) is 0 Å². The quantitative estimate of drug-likeness (QED) is 0.890. The fourth-order valence-corrected chi connectivity index (χ4v) is 2.92. The molecule has 0 fully saturated rings. The van der Waals surface area contributed by atoms with Crippen LogP contribution in [0.1, 0.15) is 42.5 Å². The topological polar surface area (TPSA) is 67.2 Å². The molecule has 22 heavy (non-hydrogen) atoms. The van der Waals surface area contributed by atoms with Crippen molar-refractivity contribution in [1.82, 2.24) is 14.9 Å². The average Bonchev–Trinajstić information content (AvgIpc) is 3.04. The summed E-state index contributed by atoms with van der Waals surface area (Å²) in [5.41, 5.74) is 1.52. The van der Waals surface area contributed by atoms with Crippen molar-refractivity contribution in [3.8, 4) is 5.13 Å². The number of carbonyl (C=O) groups is 1. The van der Waals surface area contributed by atoms with Crippen molar-refractivity contribution in [2.45, 2.75) is 40.2 Å². The van der Waals surface area contributed by atoms with E-state index < -0.39 is 5.60 Å². The van der Waals surface area contributed by atoms with E-state index >= 15 is 0 Å². The molecular weight excluding hydrogens is 298 g/mol. The van der Waals surface area contributed by atoms with E-state index in [1.165, 1.54) is 11.3 Å². The molecule has 1 amide bonds. The molecule has 2 aromatic heterocycles. The molecule has 2 rings (SSSR count). The van der Waals surface area contributed by atoms with Gasteiger partial charge in [-0.3, -0.25) is 9.36 Å². The Morgan fingerprint density at radius 2 is 2.18 bits per heavy atom. The number of carbonyl (C=O) groups excluding carboxylic acids is 1. The first-order valence-electron chi connectivity index (χ1n) is 7.33. The molecule has 120 valence electrons. The maximum Gasteiger partial charge on any atom is 0.253 e. The van der Waals surface area contributed by atoms with Gasteiger partial charge in [-0.25, -0.2) is 4.98 Å². The molecule has 0 aromatic carbocycles. The smallest absolute Gasteiger partial charge is 0.253 e. The molecule has 0 aliphatic carbocycles. The Balaban J connectivity index is 2.20. The summed E-state index contributed by atoms with van der Waals surface area (Å²) in [6.07, 6.45) is 1.75. The van der Waals surface area contributed by atoms with Gasteiger partial charge in [-0.2, -0.15) is 0 Å². The van der Waals surface area contributed by atoms with Crippen LogP contribution in [0.2, 0.25) is 0 Å². The van der Waals surface area contributed by atoms with Crippen molar-refractivity contribution < 1.29 is 9.90 Å². The highest BCUT2D eigenvalue weighted by molar-refractivity contribution is 7.12. The van der Waals surface area contributed by atoms with Gasteiger partial charge < -0.3 is 10.4 Å². The lowest BCUT2D eigenvalue weighted by Crippen LogP contribution is -2.44. The summed E-state index contributed by atoms with van der Waals surface area (Å²) in [5, 5.41) is 15.8. The summed E-state index contributed by atoms with van der Waals surface area (Å²) >= 11 is 1.53. The highest BCUT2D eigenvalue weighted by atomic mass is 32.1. The predicted molar refractivity (Wildman–Crippen MR) is 88.7 cm³/mol. The number of aromatic nitrogens is 2. The predicted octanol–water partition coefficient (Wildman–Crippen LogP) is 2.69. The fraction of sp³-hybridized carbons (Fsp3) is 0.500. The van der Waals surface area contributed by atoms with Crippen LogP contribution in [0.15, 0.2) is 17.6 Å². The SMILES string of the molecule is Cc1cc(C(=O)NCC(C)(O)C(C)C)c(C)n1-c1nccs1. The minimum absolute atomic E-state index is 0.0653. The van der Waals surface area contributed by atoms with E-state index in [0.717, 1.165) is 16.5 Å². The molecule has 0 spiro atoms. The van der Waals surface area contributed by atoms with Crippen LogP contribution in [-0.4, -0.2) is 32.7 Å². The van der Waals surface area contributed by atoms with E-state index in [-0.39, 0.29) is 18.4 Å². The minimum atomic E-state index is -0.920. The normalized spacial score (nSPS) is 14.1. The average molecular weight is 321 g/mol. The molecule has 5 nitrogen and oxygen atoms in total. The Labute approximate surface area is 135 Å². The lowest BCUT2D eigenvalue weighted by molar-refractivity contribution is 0.0142. The van der Waals surface area contributed by atoms with E-state index in [2.05, 4.69) is 10.3 Å². The number of aryl methyl sites for hydroxylation is 1. The van der Waals surface area contributed by atoms with E-state index in [1.54, 1.807) is 13.1 Å². The van der Waals surface area contributed by atoms with Crippen molar-refractivity contribution in [2.75, 3.05) is 6.54 Å². The van der Waals surface area contributed by atoms with Crippen LogP contribution in [-0.2, 0) is 0 Å². The van der Waals surface area contributed by atoms with Gasteiger partial charge in [0.1, 0.15) is 0 Å². The van der Waals surface area contributed by atoms with Gasteiger partial charge in [-0.05, 0) is 32.8 Å². The molecule has 0 saturated carbocycles. The van der Waals surface area contributed by atoms with Crippen LogP contribution in [0.25, 0.3) is 5.13 Å². The first kappa shape index (κ1) is 16.7. The van der Waals surface area contributed by atoms with Crippen LogP contribution in [0, 0.1) is 19.8 Å². The summed E-state index contributed by atoms with van der Waals surface area (Å²) in [6, 6.07) is 1.86. The molecule has 0 saturated heterocycles. The molecule has 0 aliphatic rings. The molecule has 0 radical (unpaired) electrons. The number of nitrogens with zero attached hydrogens (tertiary/aromatic N) is 2. The minimum Gasteiger partial charge on any atom is -0.388 e. The molecule has 2 heterocycles. The largest absolute Gasteiger partial charge is 0.388 e. The summed E-state index contributed by atoms with van der Waals surface area (Å²) in [6.45, 7) is 9.68. The Morgan fingerprint density at radius 3 is 2.73 bits per heavy atom. The van der Waals surface area contributed by atoms with Crippen molar-refractivity contribution in [1.29, 1.82) is 0 Å². The molecular formula is C16H23N3O2S. The van der Waals surface area contributed by atoms with Crippen LogP contribution in [0.4, 0.5) is 0 Å². The van der Waals surface area contributed by atoms with E-state index in [4.69, 9.17) is 0 Å². The molecule has 2 N–H and O–H groups in total. The molecule has 1 atom stereocenters. The number of aliphatic hydroxyl groups is 1. The van der Waals surface area contributed by atoms with Crippen LogP contribution >= 0.6 is 11.3 Å². The summed E-state index contributed by atoms with van der Waals surface area (Å²) in [5.74, 6) is -0.104. The number of hydrogen-bond acceptors (Lipinski definition) is 4. The molecule has 0 bridgehead atoms. The third-order valence-corrected chi connectivity index (χ3v) is 4.89. The molecule has 1 unspecified atom stereocenters. The fourth-order valence-electron chi connectivity index (χ4n) is 2.17. The highest BCUT2D eigenvalue weighted by Crippen LogP contribution is 2.22. The highest BCUT2D eigenvalue weighted by Gasteiger charge is 2.26. The van der Waals surface area contributed by atoms with Crippen molar-refractivity contribution in [2.24, 2.45) is 5.92 Å². The molecule has 2 aromatic rings. The third-order valence-electron chi connectivity index (χ3n) is 4.14. The summed E-state index contributed by atoms with van der Waals surface area (Å²) in [7, 11) is 0. The van der Waals surface area contributed by atoms with Crippen LogP contribution in [0.3, 0.4) is 0 Å². The van der Waals surface area contributed by atoms with Gasteiger partial charge in [0, 0.05) is 29.5 Å². The first-order chi connectivity index (χ1) is 10.2. The van der Waals surface area contributed by atoms with E-state index in [1.807, 2.05) is 43.7 Å². The second-order valence-corrected chi connectivity index (χ2v) is 7.00. The summed E-state index contributed by atoms with van der Waals surface area (Å²) in [4.78, 5) is 16.7. The Kier molecular flexibility index (Phi) is 4.72. The van der Waals surface area contributed by atoms with Gasteiger partial charge in [0.25, 0.3) is 5.91 Å². The zero-order valence-corrected chi connectivity index (χ0v) is 14.5. The zero-order valence-electron chi connectivity index (χ0n) is 13.7. The Hall–Kier alpha value is -1.66. The number of nitrogens with one attached hydrogen (secondary N) is 1. The third kappa shape index (κ3) is 3.23. The number of rotatable bonds is 5. The van der Waals surface area contributed by atoms with Crippen molar-refractivity contribution in [3.63, 3.8) is 0 Å². The van der Waals surface area contributed by atoms with Gasteiger partial charge in [0.05, 0.1) is 11.2 Å². The van der Waals surface area contributed by atoms with Crippen molar-refractivity contribution in [3.05, 3.63) is 34.6 Å². The van der Waals surface area contributed by atoms with Gasteiger partial charge in [0.15, 0.2) is 5.13 Å². The second kappa shape index (κ2) is 6.22. The monoisotopic (exact) mass is 321 g/mol. The number of hydrogen-bond donors (Lipinski definition) is 2.